The molecule has 1 aromatic carbocycles. The molecule has 0 bridgehead atoms. The molecule has 0 amide bonds. The first-order valence-corrected chi connectivity index (χ1v) is 9.50. The summed E-state index contributed by atoms with van der Waals surface area (Å²) in [6, 6.07) is 5.47. The molecule has 0 aromatic heterocycles. The minimum absolute atomic E-state index is 0.0156. The zero-order chi connectivity index (χ0) is 18.2. The number of hydrogen-bond donors (Lipinski definition) is 4. The van der Waals surface area contributed by atoms with Gasteiger partial charge in [-0.2, -0.15) is 16.8 Å². The summed E-state index contributed by atoms with van der Waals surface area (Å²) in [6.45, 7) is 0. The molecule has 0 heterocycles. The second kappa shape index (κ2) is 6.24. The van der Waals surface area contributed by atoms with E-state index in [1.165, 1.54) is 30.3 Å². The minimum Gasteiger partial charge on any atom is -0.309 e. The third-order valence-electron chi connectivity index (χ3n) is 3.35. The molecule has 1 aromatic rings. The Balaban J connectivity index is 2.24. The largest absolute Gasteiger partial charge is 0.309 e. The van der Waals surface area contributed by atoms with Crippen molar-refractivity contribution in [2.75, 3.05) is 0 Å². The number of nitrogens with two attached hydrogens (primary N) is 2. The van der Waals surface area contributed by atoms with Gasteiger partial charge in [-0.15, -0.1) is 0 Å². The van der Waals surface area contributed by atoms with E-state index in [1.807, 2.05) is 0 Å². The molecule has 0 spiro atoms. The summed E-state index contributed by atoms with van der Waals surface area (Å²) in [6.07, 6.45) is 5.86. The Morgan fingerprint density at radius 3 is 1.96 bits per heavy atom. The van der Waals surface area contributed by atoms with Gasteiger partial charge in [-0.05, 0) is 29.3 Å². The van der Waals surface area contributed by atoms with Gasteiger partial charge in [0, 0.05) is 6.42 Å². The van der Waals surface area contributed by atoms with Crippen LogP contribution in [0.4, 0.5) is 0 Å². The molecule has 0 fully saturated rings. The molecule has 8 nitrogen and oxygen atoms in total. The first-order valence-electron chi connectivity index (χ1n) is 6.62. The SMILES string of the molecule is NC1(N)CC(C=Cc2ccc(S(=O)(=O)O)cc2)=CC=C1S(=O)(=O)O. The van der Waals surface area contributed by atoms with Crippen molar-refractivity contribution in [1.82, 2.24) is 0 Å². The van der Waals surface area contributed by atoms with Gasteiger partial charge in [-0.1, -0.05) is 30.4 Å². The highest BCUT2D eigenvalue weighted by Gasteiger charge is 2.35. The van der Waals surface area contributed by atoms with Crippen molar-refractivity contribution in [2.45, 2.75) is 17.0 Å². The highest BCUT2D eigenvalue weighted by molar-refractivity contribution is 7.90. The van der Waals surface area contributed by atoms with Crippen LogP contribution in [-0.4, -0.2) is 31.6 Å². The maximum atomic E-state index is 11.2. The zero-order valence-corrected chi connectivity index (χ0v) is 14.0. The van der Waals surface area contributed by atoms with E-state index in [0.29, 0.717) is 11.1 Å². The molecular weight excluding hydrogens is 356 g/mol. The molecule has 24 heavy (non-hydrogen) atoms. The normalized spacial score (nSPS) is 18.3. The molecule has 0 saturated carbocycles. The molecule has 130 valence electrons. The summed E-state index contributed by atoms with van der Waals surface area (Å²) in [5, 5.41) is 0. The van der Waals surface area contributed by atoms with Gasteiger partial charge in [0.2, 0.25) is 0 Å². The maximum absolute atomic E-state index is 11.2. The molecule has 0 aliphatic heterocycles. The third kappa shape index (κ3) is 4.38. The van der Waals surface area contributed by atoms with Gasteiger partial charge in [0.15, 0.2) is 0 Å². The molecule has 10 heteroatoms. The van der Waals surface area contributed by atoms with Crippen LogP contribution in [0.25, 0.3) is 6.08 Å². The summed E-state index contributed by atoms with van der Waals surface area (Å²) in [5.74, 6) is 0. The van der Waals surface area contributed by atoms with Crippen molar-refractivity contribution < 1.29 is 25.9 Å². The van der Waals surface area contributed by atoms with E-state index >= 15 is 0 Å². The van der Waals surface area contributed by atoms with Gasteiger partial charge in [0.05, 0.1) is 4.90 Å². The molecule has 0 atom stereocenters. The molecule has 1 aliphatic carbocycles. The van der Waals surface area contributed by atoms with E-state index < -0.39 is 30.8 Å². The van der Waals surface area contributed by atoms with Crippen LogP contribution < -0.4 is 11.5 Å². The lowest BCUT2D eigenvalue weighted by molar-refractivity contribution is 0.463. The van der Waals surface area contributed by atoms with Gasteiger partial charge in [-0.25, -0.2) is 0 Å². The lowest BCUT2D eigenvalue weighted by atomic mass is 9.95. The van der Waals surface area contributed by atoms with Crippen molar-refractivity contribution in [3.05, 3.63) is 58.5 Å². The van der Waals surface area contributed by atoms with Crippen molar-refractivity contribution in [3.63, 3.8) is 0 Å². The zero-order valence-electron chi connectivity index (χ0n) is 12.3. The van der Waals surface area contributed by atoms with Crippen LogP contribution in [0.2, 0.25) is 0 Å². The fraction of sp³-hybridized carbons (Fsp3) is 0.143. The minimum atomic E-state index is -4.48. The summed E-state index contributed by atoms with van der Waals surface area (Å²) in [4.78, 5) is -0.690. The van der Waals surface area contributed by atoms with E-state index in [-0.39, 0.29) is 11.3 Å². The Kier molecular flexibility index (Phi) is 4.81. The van der Waals surface area contributed by atoms with Crippen LogP contribution >= 0.6 is 0 Å². The van der Waals surface area contributed by atoms with Crippen molar-refractivity contribution >= 4 is 26.3 Å². The molecular formula is C14H16N2O6S2. The Hall–Kier alpha value is -1.82. The second-order valence-corrected chi connectivity index (χ2v) is 8.15. The summed E-state index contributed by atoms with van der Waals surface area (Å²) in [7, 11) is -8.73. The summed E-state index contributed by atoms with van der Waals surface area (Å²) in [5.41, 5.74) is 11.0. The highest BCUT2D eigenvalue weighted by Crippen LogP contribution is 2.27. The van der Waals surface area contributed by atoms with Crippen LogP contribution in [0.5, 0.6) is 0 Å². The summed E-state index contributed by atoms with van der Waals surface area (Å²) >= 11 is 0. The Bertz CT molecular complexity index is 939. The van der Waals surface area contributed by atoms with E-state index in [4.69, 9.17) is 20.6 Å². The maximum Gasteiger partial charge on any atom is 0.294 e. The average Bonchev–Trinajstić information content (AvgIpc) is 2.42. The van der Waals surface area contributed by atoms with E-state index in [1.54, 1.807) is 12.2 Å². The Labute approximate surface area is 139 Å². The number of hydrogen-bond acceptors (Lipinski definition) is 6. The second-order valence-electron chi connectivity index (χ2n) is 5.34. The van der Waals surface area contributed by atoms with Crippen molar-refractivity contribution in [1.29, 1.82) is 0 Å². The molecule has 1 aliphatic rings. The van der Waals surface area contributed by atoms with Crippen LogP contribution in [0.1, 0.15) is 12.0 Å². The first-order chi connectivity index (χ1) is 10.9. The van der Waals surface area contributed by atoms with Gasteiger partial charge in [0.25, 0.3) is 20.2 Å². The monoisotopic (exact) mass is 372 g/mol. The lowest BCUT2D eigenvalue weighted by Gasteiger charge is -2.28. The standard InChI is InChI=1S/C14H16N2O6S2/c15-14(16)9-11(5-8-13(14)24(20,21)22)2-1-10-3-6-12(7-4-10)23(17,18)19/h1-8H,9,15-16H2,(H,17,18,19)(H,20,21,22). The van der Waals surface area contributed by atoms with Gasteiger partial charge in [-0.3, -0.25) is 9.11 Å². The predicted octanol–water partition coefficient (Wildman–Crippen LogP) is 0.662. The topological polar surface area (TPSA) is 161 Å². The van der Waals surface area contributed by atoms with Crippen LogP contribution in [0, 0.1) is 0 Å². The highest BCUT2D eigenvalue weighted by atomic mass is 32.2. The lowest BCUT2D eigenvalue weighted by Crippen LogP contribution is -2.53. The average molecular weight is 372 g/mol. The molecule has 0 saturated heterocycles. The first kappa shape index (κ1) is 18.5. The third-order valence-corrected chi connectivity index (χ3v) is 5.29. The summed E-state index contributed by atoms with van der Waals surface area (Å²) < 4.78 is 62.3. The van der Waals surface area contributed by atoms with Gasteiger partial charge < -0.3 is 11.5 Å². The quantitative estimate of drug-likeness (QED) is 0.443. The van der Waals surface area contributed by atoms with Crippen molar-refractivity contribution in [3.8, 4) is 0 Å². The van der Waals surface area contributed by atoms with E-state index in [9.17, 15) is 16.8 Å². The smallest absolute Gasteiger partial charge is 0.294 e. The molecule has 0 unspecified atom stereocenters. The van der Waals surface area contributed by atoms with Gasteiger partial charge >= 0.3 is 0 Å². The number of allylic oxidation sites excluding steroid dienone is 3. The number of rotatable bonds is 4. The van der Waals surface area contributed by atoms with Crippen LogP contribution in [-0.2, 0) is 20.2 Å². The van der Waals surface area contributed by atoms with Crippen LogP contribution in [0.3, 0.4) is 0 Å². The molecule has 0 radical (unpaired) electrons. The van der Waals surface area contributed by atoms with E-state index in [0.717, 1.165) is 6.08 Å². The van der Waals surface area contributed by atoms with Crippen LogP contribution in [0.15, 0.2) is 57.9 Å². The predicted molar refractivity (Wildman–Crippen MR) is 88.7 cm³/mol. The molecule has 6 N–H and O–H groups in total. The fourth-order valence-corrected chi connectivity index (χ4v) is 3.49. The van der Waals surface area contributed by atoms with Crippen molar-refractivity contribution in [2.24, 2.45) is 11.5 Å². The number of benzene rings is 1. The van der Waals surface area contributed by atoms with E-state index in [2.05, 4.69) is 0 Å². The fourth-order valence-electron chi connectivity index (χ4n) is 2.22. The molecule has 2 rings (SSSR count). The Morgan fingerprint density at radius 2 is 1.50 bits per heavy atom. The Morgan fingerprint density at radius 1 is 0.917 bits per heavy atom. The van der Waals surface area contributed by atoms with Gasteiger partial charge in [0.1, 0.15) is 10.6 Å².